The zero-order valence-electron chi connectivity index (χ0n) is 10.00. The first kappa shape index (κ1) is 14.2. The first-order valence-corrected chi connectivity index (χ1v) is 6.87. The molecule has 0 unspecified atom stereocenters. The molecular formula is C12H13N3O2S. The van der Waals surface area contributed by atoms with E-state index in [4.69, 9.17) is 10.5 Å². The van der Waals surface area contributed by atoms with Crippen LogP contribution in [0.5, 0.6) is 0 Å². The SMILES string of the molecule is CCCN(CC#N)S(=O)(=O)c1cccc(C#N)c1. The molecule has 0 atom stereocenters. The Hall–Kier alpha value is -1.89. The Morgan fingerprint density at radius 3 is 2.61 bits per heavy atom. The lowest BCUT2D eigenvalue weighted by Crippen LogP contribution is -2.32. The Balaban J connectivity index is 3.19. The van der Waals surface area contributed by atoms with Gasteiger partial charge in [0.15, 0.2) is 0 Å². The molecule has 0 bridgehead atoms. The van der Waals surface area contributed by atoms with Crippen LogP contribution in [0.25, 0.3) is 0 Å². The summed E-state index contributed by atoms with van der Waals surface area (Å²) in [6, 6.07) is 9.53. The fourth-order valence-electron chi connectivity index (χ4n) is 1.49. The first-order chi connectivity index (χ1) is 8.56. The van der Waals surface area contributed by atoms with Gasteiger partial charge in [0.2, 0.25) is 10.0 Å². The summed E-state index contributed by atoms with van der Waals surface area (Å²) in [6.45, 7) is 1.94. The van der Waals surface area contributed by atoms with E-state index < -0.39 is 10.0 Å². The maximum absolute atomic E-state index is 12.2. The molecule has 0 saturated heterocycles. The van der Waals surface area contributed by atoms with Crippen molar-refractivity contribution < 1.29 is 8.42 Å². The van der Waals surface area contributed by atoms with Crippen LogP contribution in [-0.4, -0.2) is 25.8 Å². The van der Waals surface area contributed by atoms with Crippen molar-refractivity contribution in [2.24, 2.45) is 0 Å². The number of nitriles is 2. The van der Waals surface area contributed by atoms with Gasteiger partial charge in [-0.2, -0.15) is 14.8 Å². The molecule has 0 N–H and O–H groups in total. The van der Waals surface area contributed by atoms with E-state index in [2.05, 4.69) is 0 Å². The monoisotopic (exact) mass is 263 g/mol. The smallest absolute Gasteiger partial charge is 0.207 e. The molecule has 18 heavy (non-hydrogen) atoms. The van der Waals surface area contributed by atoms with Crippen molar-refractivity contribution in [3.05, 3.63) is 29.8 Å². The molecule has 0 aliphatic rings. The summed E-state index contributed by atoms with van der Waals surface area (Å²) < 4.78 is 25.6. The van der Waals surface area contributed by atoms with Crippen LogP contribution >= 0.6 is 0 Å². The lowest BCUT2D eigenvalue weighted by Gasteiger charge is -2.18. The number of hydrogen-bond acceptors (Lipinski definition) is 4. The minimum atomic E-state index is -3.70. The van der Waals surface area contributed by atoms with Gasteiger partial charge in [-0.25, -0.2) is 8.42 Å². The maximum Gasteiger partial charge on any atom is 0.244 e. The second-order valence-electron chi connectivity index (χ2n) is 3.64. The van der Waals surface area contributed by atoms with E-state index in [-0.39, 0.29) is 23.5 Å². The summed E-state index contributed by atoms with van der Waals surface area (Å²) >= 11 is 0. The maximum atomic E-state index is 12.2. The largest absolute Gasteiger partial charge is 0.244 e. The average molecular weight is 263 g/mol. The lowest BCUT2D eigenvalue weighted by molar-refractivity contribution is 0.444. The van der Waals surface area contributed by atoms with Gasteiger partial charge in [-0.1, -0.05) is 13.0 Å². The zero-order valence-corrected chi connectivity index (χ0v) is 10.8. The van der Waals surface area contributed by atoms with Crippen molar-refractivity contribution in [2.45, 2.75) is 18.2 Å². The van der Waals surface area contributed by atoms with Crippen LogP contribution in [0.2, 0.25) is 0 Å². The third kappa shape index (κ3) is 3.07. The van der Waals surface area contributed by atoms with E-state index in [1.54, 1.807) is 0 Å². The fourth-order valence-corrected chi connectivity index (χ4v) is 2.96. The molecule has 0 fully saturated rings. The van der Waals surface area contributed by atoms with Gasteiger partial charge in [0.05, 0.1) is 22.6 Å². The molecule has 0 spiro atoms. The molecule has 94 valence electrons. The topological polar surface area (TPSA) is 85.0 Å². The van der Waals surface area contributed by atoms with Gasteiger partial charge in [0, 0.05) is 6.54 Å². The Morgan fingerprint density at radius 2 is 2.06 bits per heavy atom. The predicted octanol–water partition coefficient (Wildman–Crippen LogP) is 1.48. The molecule has 1 aromatic carbocycles. The first-order valence-electron chi connectivity index (χ1n) is 5.43. The summed E-state index contributed by atoms with van der Waals surface area (Å²) in [5.41, 5.74) is 0.282. The molecular weight excluding hydrogens is 250 g/mol. The van der Waals surface area contributed by atoms with Crippen molar-refractivity contribution in [2.75, 3.05) is 13.1 Å². The predicted molar refractivity (Wildman–Crippen MR) is 65.8 cm³/mol. The van der Waals surface area contributed by atoms with Crippen LogP contribution < -0.4 is 0 Å². The van der Waals surface area contributed by atoms with Gasteiger partial charge in [-0.15, -0.1) is 0 Å². The second kappa shape index (κ2) is 6.15. The van der Waals surface area contributed by atoms with Crippen LogP contribution in [0.1, 0.15) is 18.9 Å². The van der Waals surface area contributed by atoms with E-state index in [1.165, 1.54) is 24.3 Å². The molecule has 0 aliphatic heterocycles. The van der Waals surface area contributed by atoms with E-state index in [9.17, 15) is 8.42 Å². The Labute approximate surface area is 107 Å². The molecule has 0 heterocycles. The minimum absolute atomic E-state index is 0.0465. The Morgan fingerprint density at radius 1 is 1.33 bits per heavy atom. The highest BCUT2D eigenvalue weighted by atomic mass is 32.2. The molecule has 6 heteroatoms. The lowest BCUT2D eigenvalue weighted by atomic mass is 10.2. The van der Waals surface area contributed by atoms with Crippen LogP contribution in [0.3, 0.4) is 0 Å². The molecule has 0 aliphatic carbocycles. The molecule has 0 saturated carbocycles. The van der Waals surface area contributed by atoms with Crippen LogP contribution in [0.15, 0.2) is 29.2 Å². The van der Waals surface area contributed by atoms with Crippen molar-refractivity contribution in [1.82, 2.24) is 4.31 Å². The molecule has 1 aromatic rings. The van der Waals surface area contributed by atoms with Gasteiger partial charge in [-0.3, -0.25) is 0 Å². The number of sulfonamides is 1. The van der Waals surface area contributed by atoms with Gasteiger partial charge in [0.1, 0.15) is 6.54 Å². The third-order valence-electron chi connectivity index (χ3n) is 2.32. The normalized spacial score (nSPS) is 10.9. The van der Waals surface area contributed by atoms with Gasteiger partial charge < -0.3 is 0 Å². The molecule has 0 amide bonds. The Kier molecular flexibility index (Phi) is 4.85. The fraction of sp³-hybridized carbons (Fsp3) is 0.333. The minimum Gasteiger partial charge on any atom is -0.207 e. The molecule has 0 radical (unpaired) electrons. The summed E-state index contributed by atoms with van der Waals surface area (Å²) in [5.74, 6) is 0. The number of hydrogen-bond donors (Lipinski definition) is 0. The molecule has 5 nitrogen and oxygen atoms in total. The highest BCUT2D eigenvalue weighted by Gasteiger charge is 2.23. The molecule has 1 rings (SSSR count). The van der Waals surface area contributed by atoms with E-state index in [0.717, 1.165) is 4.31 Å². The van der Waals surface area contributed by atoms with Crippen molar-refractivity contribution in [3.63, 3.8) is 0 Å². The number of rotatable bonds is 5. The summed E-state index contributed by atoms with van der Waals surface area (Å²) in [6.07, 6.45) is 0.624. The van der Waals surface area contributed by atoms with Crippen molar-refractivity contribution >= 4 is 10.0 Å². The molecule has 0 aromatic heterocycles. The number of nitrogens with zero attached hydrogens (tertiary/aromatic N) is 3. The van der Waals surface area contributed by atoms with Crippen molar-refractivity contribution in [3.8, 4) is 12.1 Å². The summed E-state index contributed by atoms with van der Waals surface area (Å²) in [5, 5.41) is 17.4. The van der Waals surface area contributed by atoms with E-state index in [1.807, 2.05) is 19.1 Å². The quantitative estimate of drug-likeness (QED) is 0.753. The standard InChI is InChI=1S/C12H13N3O2S/c1-2-7-15(8-6-13)18(16,17)12-5-3-4-11(9-12)10-14/h3-5,9H,2,7-8H2,1H3. The average Bonchev–Trinajstić information content (AvgIpc) is 2.38. The van der Waals surface area contributed by atoms with Crippen molar-refractivity contribution in [1.29, 1.82) is 10.5 Å². The third-order valence-corrected chi connectivity index (χ3v) is 4.16. The zero-order chi connectivity index (χ0) is 13.6. The van der Waals surface area contributed by atoms with Crippen LogP contribution in [-0.2, 0) is 10.0 Å². The van der Waals surface area contributed by atoms with Gasteiger partial charge in [-0.05, 0) is 24.6 Å². The van der Waals surface area contributed by atoms with E-state index >= 15 is 0 Å². The van der Waals surface area contributed by atoms with Gasteiger partial charge >= 0.3 is 0 Å². The van der Waals surface area contributed by atoms with Crippen LogP contribution in [0.4, 0.5) is 0 Å². The highest BCUT2D eigenvalue weighted by Crippen LogP contribution is 2.16. The van der Waals surface area contributed by atoms with Gasteiger partial charge in [0.25, 0.3) is 0 Å². The Bertz CT molecular complexity index is 596. The number of benzene rings is 1. The highest BCUT2D eigenvalue weighted by molar-refractivity contribution is 7.89. The van der Waals surface area contributed by atoms with E-state index in [0.29, 0.717) is 6.42 Å². The summed E-state index contributed by atoms with van der Waals surface area (Å²) in [4.78, 5) is 0.0465. The van der Waals surface area contributed by atoms with Crippen LogP contribution in [0, 0.1) is 22.7 Å². The second-order valence-corrected chi connectivity index (χ2v) is 5.57. The summed E-state index contributed by atoms with van der Waals surface area (Å²) in [7, 11) is -3.70.